The highest BCUT2D eigenvalue weighted by Crippen LogP contribution is 2.27. The number of H-pyrrole nitrogens is 1. The first-order valence-electron chi connectivity index (χ1n) is 7.17. The van der Waals surface area contributed by atoms with Gasteiger partial charge in [-0.05, 0) is 0 Å². The molecule has 7 nitrogen and oxygen atoms in total. The van der Waals surface area contributed by atoms with E-state index in [-0.39, 0.29) is 16.9 Å². The highest BCUT2D eigenvalue weighted by Gasteiger charge is 2.30. The summed E-state index contributed by atoms with van der Waals surface area (Å²) in [5, 5.41) is 0. The van der Waals surface area contributed by atoms with Crippen LogP contribution in [0.15, 0.2) is 21.7 Å². The van der Waals surface area contributed by atoms with Gasteiger partial charge in [0, 0.05) is 24.6 Å². The lowest BCUT2D eigenvalue weighted by atomic mass is 9.97. The zero-order chi connectivity index (χ0) is 15.9. The average molecular weight is 302 g/mol. The van der Waals surface area contributed by atoms with Gasteiger partial charge in [0.05, 0.1) is 12.9 Å². The van der Waals surface area contributed by atoms with E-state index in [9.17, 15) is 9.59 Å². The van der Waals surface area contributed by atoms with Gasteiger partial charge < -0.3 is 14.3 Å². The summed E-state index contributed by atoms with van der Waals surface area (Å²) in [6, 6.07) is 0. The Kier molecular flexibility index (Phi) is 3.35. The maximum absolute atomic E-state index is 12.4. The molecule has 0 radical (unpaired) electrons. The highest BCUT2D eigenvalue weighted by molar-refractivity contribution is 5.93. The van der Waals surface area contributed by atoms with Crippen molar-refractivity contribution in [1.29, 1.82) is 0 Å². The van der Waals surface area contributed by atoms with E-state index in [4.69, 9.17) is 4.42 Å². The lowest BCUT2D eigenvalue weighted by Gasteiger charge is -2.24. The first-order valence-corrected chi connectivity index (χ1v) is 7.17. The Morgan fingerprint density at radius 1 is 1.41 bits per heavy atom. The smallest absolute Gasteiger partial charge is 0.263 e. The van der Waals surface area contributed by atoms with Gasteiger partial charge in [-0.15, -0.1) is 0 Å². The molecule has 2 aromatic rings. The van der Waals surface area contributed by atoms with Gasteiger partial charge in [-0.2, -0.15) is 0 Å². The zero-order valence-corrected chi connectivity index (χ0v) is 12.8. The second-order valence-corrected chi connectivity index (χ2v) is 6.41. The molecular formula is C15H18N4O3. The lowest BCUT2D eigenvalue weighted by Crippen LogP contribution is -2.38. The number of carbonyl (C=O) groups excluding carboxylic acids is 1. The molecule has 3 heterocycles. The van der Waals surface area contributed by atoms with Gasteiger partial charge in [0.25, 0.3) is 11.5 Å². The van der Waals surface area contributed by atoms with Crippen LogP contribution in [0.5, 0.6) is 0 Å². The SMILES string of the molecule is CC(C)(C)c1nc2c(o1)CCN(C(=O)c1cnc[nH]c1=O)C2. The van der Waals surface area contributed by atoms with Crippen LogP contribution in [0.4, 0.5) is 0 Å². The van der Waals surface area contributed by atoms with Crippen LogP contribution in [0.25, 0.3) is 0 Å². The third-order valence-electron chi connectivity index (χ3n) is 3.61. The van der Waals surface area contributed by atoms with Gasteiger partial charge in [-0.1, -0.05) is 20.8 Å². The van der Waals surface area contributed by atoms with E-state index in [1.54, 1.807) is 4.90 Å². The summed E-state index contributed by atoms with van der Waals surface area (Å²) in [6.45, 7) is 6.94. The van der Waals surface area contributed by atoms with Crippen LogP contribution < -0.4 is 5.56 Å². The van der Waals surface area contributed by atoms with Crippen molar-refractivity contribution >= 4 is 5.91 Å². The Labute approximate surface area is 127 Å². The number of rotatable bonds is 1. The molecule has 2 aromatic heterocycles. The summed E-state index contributed by atoms with van der Waals surface area (Å²) >= 11 is 0. The van der Waals surface area contributed by atoms with Crippen LogP contribution in [0.1, 0.15) is 48.5 Å². The maximum Gasteiger partial charge on any atom is 0.263 e. The van der Waals surface area contributed by atoms with Crippen molar-refractivity contribution in [2.24, 2.45) is 0 Å². The Morgan fingerprint density at radius 3 is 2.86 bits per heavy atom. The first kappa shape index (κ1) is 14.5. The molecule has 1 N–H and O–H groups in total. The van der Waals surface area contributed by atoms with Crippen molar-refractivity contribution in [3.63, 3.8) is 0 Å². The van der Waals surface area contributed by atoms with Gasteiger partial charge in [0.2, 0.25) is 0 Å². The van der Waals surface area contributed by atoms with Crippen LogP contribution in [0, 0.1) is 0 Å². The molecule has 0 bridgehead atoms. The molecule has 1 amide bonds. The van der Waals surface area contributed by atoms with Gasteiger partial charge in [-0.3, -0.25) is 9.59 Å². The molecule has 0 saturated carbocycles. The lowest BCUT2D eigenvalue weighted by molar-refractivity contribution is 0.0725. The summed E-state index contributed by atoms with van der Waals surface area (Å²) in [5.74, 6) is 1.17. The number of hydrogen-bond acceptors (Lipinski definition) is 5. The number of oxazole rings is 1. The van der Waals surface area contributed by atoms with E-state index in [2.05, 4.69) is 15.0 Å². The molecule has 116 valence electrons. The number of fused-ring (bicyclic) bond motifs is 1. The second kappa shape index (κ2) is 5.08. The Bertz CT molecular complexity index is 770. The van der Waals surface area contributed by atoms with E-state index in [0.29, 0.717) is 25.4 Å². The molecule has 0 unspecified atom stereocenters. The van der Waals surface area contributed by atoms with Gasteiger partial charge in [0.1, 0.15) is 17.0 Å². The van der Waals surface area contributed by atoms with Crippen molar-refractivity contribution in [2.75, 3.05) is 6.54 Å². The largest absolute Gasteiger partial charge is 0.445 e. The van der Waals surface area contributed by atoms with Gasteiger partial charge >= 0.3 is 0 Å². The van der Waals surface area contributed by atoms with Crippen molar-refractivity contribution in [3.8, 4) is 0 Å². The van der Waals surface area contributed by atoms with E-state index in [1.165, 1.54) is 12.5 Å². The second-order valence-electron chi connectivity index (χ2n) is 6.41. The van der Waals surface area contributed by atoms with Gasteiger partial charge in [0.15, 0.2) is 5.89 Å². The standard InChI is InChI=1S/C15H18N4O3/c1-15(2,3)14-18-10-7-19(5-4-11(10)22-14)13(21)9-6-16-8-17-12(9)20/h6,8H,4-5,7H2,1-3H3,(H,16,17,20). The Morgan fingerprint density at radius 2 is 2.18 bits per heavy atom. The summed E-state index contributed by atoms with van der Waals surface area (Å²) < 4.78 is 5.80. The molecule has 1 aliphatic heterocycles. The summed E-state index contributed by atoms with van der Waals surface area (Å²) in [7, 11) is 0. The minimum atomic E-state index is -0.429. The quantitative estimate of drug-likeness (QED) is 0.856. The minimum absolute atomic E-state index is 0.0467. The minimum Gasteiger partial charge on any atom is -0.445 e. The average Bonchev–Trinajstić information content (AvgIpc) is 2.90. The Hall–Kier alpha value is -2.44. The molecule has 0 saturated heterocycles. The van der Waals surface area contributed by atoms with Crippen LogP contribution >= 0.6 is 0 Å². The predicted molar refractivity (Wildman–Crippen MR) is 78.5 cm³/mol. The molecule has 0 aromatic carbocycles. The maximum atomic E-state index is 12.4. The molecular weight excluding hydrogens is 284 g/mol. The Balaban J connectivity index is 1.86. The topological polar surface area (TPSA) is 92.1 Å². The number of nitrogens with one attached hydrogen (secondary N) is 1. The monoisotopic (exact) mass is 302 g/mol. The highest BCUT2D eigenvalue weighted by atomic mass is 16.4. The fraction of sp³-hybridized carbons (Fsp3) is 0.467. The van der Waals surface area contributed by atoms with Crippen LogP contribution in [-0.4, -0.2) is 32.3 Å². The van der Waals surface area contributed by atoms with Crippen molar-refractivity contribution in [1.82, 2.24) is 19.9 Å². The number of aromatic nitrogens is 3. The summed E-state index contributed by atoms with van der Waals surface area (Å²) in [4.78, 5) is 36.5. The number of hydrogen-bond donors (Lipinski definition) is 1. The van der Waals surface area contributed by atoms with Crippen molar-refractivity contribution in [3.05, 3.63) is 45.8 Å². The molecule has 0 aliphatic carbocycles. The van der Waals surface area contributed by atoms with E-state index >= 15 is 0 Å². The van der Waals surface area contributed by atoms with E-state index in [1.807, 2.05) is 20.8 Å². The third kappa shape index (κ3) is 2.54. The summed E-state index contributed by atoms with van der Waals surface area (Å²) in [5.41, 5.74) is 0.212. The fourth-order valence-electron chi connectivity index (χ4n) is 2.36. The molecule has 0 atom stereocenters. The van der Waals surface area contributed by atoms with Crippen LogP contribution in [0.3, 0.4) is 0 Å². The number of aromatic amines is 1. The predicted octanol–water partition coefficient (Wildman–Crippen LogP) is 1.25. The fourth-order valence-corrected chi connectivity index (χ4v) is 2.36. The molecule has 0 spiro atoms. The molecule has 1 aliphatic rings. The number of nitrogens with zero attached hydrogens (tertiary/aromatic N) is 3. The summed E-state index contributed by atoms with van der Waals surface area (Å²) in [6.07, 6.45) is 3.16. The van der Waals surface area contributed by atoms with E-state index < -0.39 is 5.56 Å². The van der Waals surface area contributed by atoms with Crippen molar-refractivity contribution in [2.45, 2.75) is 39.2 Å². The number of carbonyl (C=O) groups is 1. The molecule has 7 heteroatoms. The van der Waals surface area contributed by atoms with Crippen molar-refractivity contribution < 1.29 is 9.21 Å². The first-order chi connectivity index (χ1) is 10.4. The van der Waals surface area contributed by atoms with Crippen LogP contribution in [0.2, 0.25) is 0 Å². The third-order valence-corrected chi connectivity index (χ3v) is 3.61. The number of amides is 1. The molecule has 3 rings (SSSR count). The van der Waals surface area contributed by atoms with E-state index in [0.717, 1.165) is 11.5 Å². The van der Waals surface area contributed by atoms with Gasteiger partial charge in [-0.25, -0.2) is 9.97 Å². The van der Waals surface area contributed by atoms with Crippen LogP contribution in [-0.2, 0) is 18.4 Å². The zero-order valence-electron chi connectivity index (χ0n) is 12.8. The molecule has 22 heavy (non-hydrogen) atoms. The molecule has 0 fully saturated rings. The normalized spacial score (nSPS) is 14.8.